The minimum atomic E-state index is 0.0294. The fraction of sp³-hybridized carbons (Fsp3) is 0.273. The number of Topliss-reactive ketones (excluding diaryl/α,β-unsaturated/α-hetero) is 1. The molecule has 0 aliphatic heterocycles. The summed E-state index contributed by atoms with van der Waals surface area (Å²) < 4.78 is 1.68. The third kappa shape index (κ3) is 2.18. The van der Waals surface area contributed by atoms with Crippen LogP contribution in [0.4, 0.5) is 0 Å². The average Bonchev–Trinajstić information content (AvgIpc) is 2.76. The standard InChI is InChI=1S/C11H11ClN2OS/c1-7-6-16-11(10(7)12)9(15)5-8-3-4-14(2)13-8/h3-4,6H,5H2,1-2H3. The minimum absolute atomic E-state index is 0.0294. The fourth-order valence-electron chi connectivity index (χ4n) is 1.42. The molecule has 2 rings (SSSR count). The van der Waals surface area contributed by atoms with Crippen molar-refractivity contribution in [1.29, 1.82) is 0 Å². The third-order valence-electron chi connectivity index (χ3n) is 2.26. The Morgan fingerprint density at radius 2 is 2.38 bits per heavy atom. The van der Waals surface area contributed by atoms with Crippen molar-refractivity contribution in [3.63, 3.8) is 0 Å². The molecule has 0 radical (unpaired) electrons. The number of thiophene rings is 1. The van der Waals surface area contributed by atoms with Gasteiger partial charge >= 0.3 is 0 Å². The van der Waals surface area contributed by atoms with Gasteiger partial charge in [-0.2, -0.15) is 5.10 Å². The molecular weight excluding hydrogens is 244 g/mol. The van der Waals surface area contributed by atoms with Gasteiger partial charge in [0.25, 0.3) is 0 Å². The topological polar surface area (TPSA) is 34.9 Å². The number of aromatic nitrogens is 2. The van der Waals surface area contributed by atoms with Gasteiger partial charge < -0.3 is 0 Å². The molecule has 2 heterocycles. The summed E-state index contributed by atoms with van der Waals surface area (Å²) in [5, 5.41) is 6.64. The van der Waals surface area contributed by atoms with Crippen LogP contribution < -0.4 is 0 Å². The van der Waals surface area contributed by atoms with Crippen LogP contribution in [0, 0.1) is 6.92 Å². The van der Waals surface area contributed by atoms with Crippen LogP contribution in [0.5, 0.6) is 0 Å². The molecule has 84 valence electrons. The van der Waals surface area contributed by atoms with E-state index in [4.69, 9.17) is 11.6 Å². The summed E-state index contributed by atoms with van der Waals surface area (Å²) in [6.07, 6.45) is 2.13. The van der Waals surface area contributed by atoms with Gasteiger partial charge in [-0.15, -0.1) is 11.3 Å². The first-order chi connectivity index (χ1) is 7.58. The minimum Gasteiger partial charge on any atom is -0.293 e. The molecule has 0 fully saturated rings. The van der Waals surface area contributed by atoms with Gasteiger partial charge in [-0.3, -0.25) is 9.48 Å². The van der Waals surface area contributed by atoms with E-state index < -0.39 is 0 Å². The second-order valence-electron chi connectivity index (χ2n) is 3.64. The van der Waals surface area contributed by atoms with E-state index in [2.05, 4.69) is 5.10 Å². The zero-order chi connectivity index (χ0) is 11.7. The fourth-order valence-corrected chi connectivity index (χ4v) is 2.66. The number of halogens is 1. The van der Waals surface area contributed by atoms with Gasteiger partial charge in [0.2, 0.25) is 0 Å². The molecule has 3 nitrogen and oxygen atoms in total. The van der Waals surface area contributed by atoms with Gasteiger partial charge in [0.05, 0.1) is 22.0 Å². The van der Waals surface area contributed by atoms with Crippen LogP contribution in [-0.4, -0.2) is 15.6 Å². The van der Waals surface area contributed by atoms with Crippen molar-refractivity contribution in [3.05, 3.63) is 38.8 Å². The molecule has 0 aliphatic rings. The summed E-state index contributed by atoms with van der Waals surface area (Å²) in [5.74, 6) is 0.0294. The van der Waals surface area contributed by atoms with Gasteiger partial charge in [0.15, 0.2) is 5.78 Å². The highest BCUT2D eigenvalue weighted by Gasteiger charge is 2.15. The summed E-state index contributed by atoms with van der Waals surface area (Å²) in [6.45, 7) is 1.90. The number of carbonyl (C=O) groups is 1. The Hall–Kier alpha value is -1.13. The van der Waals surface area contributed by atoms with Gasteiger partial charge in [-0.05, 0) is 23.9 Å². The van der Waals surface area contributed by atoms with E-state index in [9.17, 15) is 4.79 Å². The molecule has 0 amide bonds. The summed E-state index contributed by atoms with van der Waals surface area (Å²) in [5.41, 5.74) is 1.73. The molecule has 16 heavy (non-hydrogen) atoms. The van der Waals surface area contributed by atoms with Crippen molar-refractivity contribution >= 4 is 28.7 Å². The van der Waals surface area contributed by atoms with Crippen LogP contribution in [0.1, 0.15) is 20.9 Å². The lowest BCUT2D eigenvalue weighted by atomic mass is 10.2. The molecule has 0 N–H and O–H groups in total. The summed E-state index contributed by atoms with van der Waals surface area (Å²) in [4.78, 5) is 12.6. The lowest BCUT2D eigenvalue weighted by Gasteiger charge is -1.96. The Kier molecular flexibility index (Phi) is 3.12. The highest BCUT2D eigenvalue weighted by Crippen LogP contribution is 2.28. The molecular formula is C11H11ClN2OS. The van der Waals surface area contributed by atoms with Crippen molar-refractivity contribution in [1.82, 2.24) is 9.78 Å². The number of carbonyl (C=O) groups excluding carboxylic acids is 1. The normalized spacial score (nSPS) is 10.7. The van der Waals surface area contributed by atoms with Gasteiger partial charge in [-0.25, -0.2) is 0 Å². The predicted octanol–water partition coefficient (Wildman–Crippen LogP) is 2.87. The van der Waals surface area contributed by atoms with Crippen LogP contribution in [0.2, 0.25) is 5.02 Å². The van der Waals surface area contributed by atoms with E-state index in [0.29, 0.717) is 16.3 Å². The number of hydrogen-bond acceptors (Lipinski definition) is 3. The maximum absolute atomic E-state index is 11.9. The Morgan fingerprint density at radius 1 is 1.62 bits per heavy atom. The predicted molar refractivity (Wildman–Crippen MR) is 65.3 cm³/mol. The second kappa shape index (κ2) is 4.39. The highest BCUT2D eigenvalue weighted by molar-refractivity contribution is 7.13. The number of nitrogens with zero attached hydrogens (tertiary/aromatic N) is 2. The SMILES string of the molecule is Cc1csc(C(=O)Cc2ccn(C)n2)c1Cl. The van der Waals surface area contributed by atoms with Crippen LogP contribution >= 0.6 is 22.9 Å². The Labute approximate surface area is 103 Å². The highest BCUT2D eigenvalue weighted by atomic mass is 35.5. The first-order valence-electron chi connectivity index (χ1n) is 4.83. The number of ketones is 1. The lowest BCUT2D eigenvalue weighted by molar-refractivity contribution is 0.0996. The number of aryl methyl sites for hydroxylation is 2. The van der Waals surface area contributed by atoms with E-state index in [1.54, 1.807) is 4.68 Å². The molecule has 0 aromatic carbocycles. The average molecular weight is 255 g/mol. The smallest absolute Gasteiger partial charge is 0.180 e. The number of hydrogen-bond donors (Lipinski definition) is 0. The van der Waals surface area contributed by atoms with Crippen LogP contribution in [0.15, 0.2) is 17.6 Å². The largest absolute Gasteiger partial charge is 0.293 e. The maximum atomic E-state index is 11.9. The van der Waals surface area contributed by atoms with Gasteiger partial charge in [0, 0.05) is 13.2 Å². The molecule has 0 saturated carbocycles. The van der Waals surface area contributed by atoms with Crippen molar-refractivity contribution in [2.75, 3.05) is 0 Å². The van der Waals surface area contributed by atoms with Crippen molar-refractivity contribution < 1.29 is 4.79 Å². The van der Waals surface area contributed by atoms with Crippen molar-refractivity contribution in [2.45, 2.75) is 13.3 Å². The first-order valence-corrected chi connectivity index (χ1v) is 6.09. The molecule has 0 unspecified atom stereocenters. The van der Waals surface area contributed by atoms with Gasteiger partial charge in [-0.1, -0.05) is 11.6 Å². The molecule has 0 spiro atoms. The summed E-state index contributed by atoms with van der Waals surface area (Å²) in [6, 6.07) is 1.84. The third-order valence-corrected chi connectivity index (χ3v) is 4.00. The summed E-state index contributed by atoms with van der Waals surface area (Å²) >= 11 is 7.43. The van der Waals surface area contributed by atoms with Gasteiger partial charge in [0.1, 0.15) is 0 Å². The van der Waals surface area contributed by atoms with E-state index in [-0.39, 0.29) is 5.78 Å². The molecule has 5 heteroatoms. The van der Waals surface area contributed by atoms with Crippen LogP contribution in [0.3, 0.4) is 0 Å². The van der Waals surface area contributed by atoms with E-state index in [0.717, 1.165) is 11.3 Å². The Bertz CT molecular complexity index is 530. The van der Waals surface area contributed by atoms with Crippen molar-refractivity contribution in [3.8, 4) is 0 Å². The first kappa shape index (κ1) is 11.4. The zero-order valence-corrected chi connectivity index (χ0v) is 10.6. The zero-order valence-electron chi connectivity index (χ0n) is 9.03. The molecule has 0 aliphatic carbocycles. The lowest BCUT2D eigenvalue weighted by Crippen LogP contribution is -2.03. The summed E-state index contributed by atoms with van der Waals surface area (Å²) in [7, 11) is 1.83. The second-order valence-corrected chi connectivity index (χ2v) is 4.90. The number of rotatable bonds is 3. The monoisotopic (exact) mass is 254 g/mol. The maximum Gasteiger partial charge on any atom is 0.180 e. The Balaban J connectivity index is 2.18. The van der Waals surface area contributed by atoms with E-state index in [1.165, 1.54) is 11.3 Å². The molecule has 0 bridgehead atoms. The molecule has 0 atom stereocenters. The van der Waals surface area contributed by atoms with Crippen molar-refractivity contribution in [2.24, 2.45) is 7.05 Å². The van der Waals surface area contributed by atoms with E-state index in [1.807, 2.05) is 31.6 Å². The quantitative estimate of drug-likeness (QED) is 0.790. The molecule has 2 aromatic rings. The van der Waals surface area contributed by atoms with Crippen LogP contribution in [-0.2, 0) is 13.5 Å². The molecule has 2 aromatic heterocycles. The molecule has 0 saturated heterocycles. The van der Waals surface area contributed by atoms with Crippen LogP contribution in [0.25, 0.3) is 0 Å². The van der Waals surface area contributed by atoms with E-state index >= 15 is 0 Å². The Morgan fingerprint density at radius 3 is 2.88 bits per heavy atom.